The molecule has 1 aromatic rings. The number of carbonyl (C=O) groups excluding carboxylic acids is 1. The number of nitrogens with zero attached hydrogens (tertiary/aromatic N) is 2. The minimum Gasteiger partial charge on any atom is -0.476 e. The monoisotopic (exact) mass is 249 g/mol. The van der Waals surface area contributed by atoms with E-state index in [1.807, 2.05) is 0 Å². The van der Waals surface area contributed by atoms with Gasteiger partial charge in [0, 0.05) is 0 Å². The number of nitriles is 1. The molecule has 1 amide bonds. The van der Waals surface area contributed by atoms with Crippen LogP contribution in [-0.4, -0.2) is 28.3 Å². The van der Waals surface area contributed by atoms with Crippen LogP contribution in [0.5, 0.6) is 0 Å². The van der Waals surface area contributed by atoms with Gasteiger partial charge in [-0.2, -0.15) is 18.4 Å². The standard InChI is InChI=1S/C7H2F3N3O4/c8-7(9,10)6(16)12-4-2(1-11)3(5(14)15)13-17-4/h(H,12,16)(H,14,15). The van der Waals surface area contributed by atoms with Gasteiger partial charge < -0.3 is 9.63 Å². The molecule has 0 atom stereocenters. The highest BCUT2D eigenvalue weighted by Crippen LogP contribution is 2.22. The van der Waals surface area contributed by atoms with E-state index < -0.39 is 35.2 Å². The fourth-order valence-corrected chi connectivity index (χ4v) is 0.799. The maximum absolute atomic E-state index is 11.9. The van der Waals surface area contributed by atoms with Crippen molar-refractivity contribution < 1.29 is 32.4 Å². The fraction of sp³-hybridized carbons (Fsp3) is 0.143. The van der Waals surface area contributed by atoms with Gasteiger partial charge in [0.2, 0.25) is 11.6 Å². The average Bonchev–Trinajstić information content (AvgIpc) is 2.59. The van der Waals surface area contributed by atoms with Crippen LogP contribution in [0.1, 0.15) is 16.1 Å². The summed E-state index contributed by atoms with van der Waals surface area (Å²) in [5, 5.41) is 21.0. The van der Waals surface area contributed by atoms with E-state index in [4.69, 9.17) is 10.4 Å². The van der Waals surface area contributed by atoms with Crippen LogP contribution >= 0.6 is 0 Å². The Morgan fingerprint density at radius 3 is 2.47 bits per heavy atom. The van der Waals surface area contributed by atoms with Crippen LogP contribution in [0.3, 0.4) is 0 Å². The van der Waals surface area contributed by atoms with Crippen molar-refractivity contribution in [3.8, 4) is 6.07 Å². The van der Waals surface area contributed by atoms with Crippen LogP contribution in [0.25, 0.3) is 0 Å². The third-order valence-corrected chi connectivity index (χ3v) is 1.49. The quantitative estimate of drug-likeness (QED) is 0.798. The van der Waals surface area contributed by atoms with Crippen LogP contribution < -0.4 is 5.32 Å². The van der Waals surface area contributed by atoms with Crippen LogP contribution in [0, 0.1) is 11.3 Å². The third-order valence-electron chi connectivity index (χ3n) is 1.49. The van der Waals surface area contributed by atoms with Crippen LogP contribution in [0.2, 0.25) is 0 Å². The molecular weight excluding hydrogens is 247 g/mol. The molecule has 0 unspecified atom stereocenters. The summed E-state index contributed by atoms with van der Waals surface area (Å²) in [6.45, 7) is 0. The first-order valence-corrected chi connectivity index (χ1v) is 3.78. The van der Waals surface area contributed by atoms with Gasteiger partial charge in [-0.05, 0) is 0 Å². The van der Waals surface area contributed by atoms with E-state index in [0.717, 1.165) is 0 Å². The van der Waals surface area contributed by atoms with Gasteiger partial charge in [-0.3, -0.25) is 10.1 Å². The second kappa shape index (κ2) is 4.12. The summed E-state index contributed by atoms with van der Waals surface area (Å²) in [7, 11) is 0. The van der Waals surface area contributed by atoms with Crippen molar-refractivity contribution in [2.24, 2.45) is 0 Å². The second-order valence-corrected chi connectivity index (χ2v) is 2.60. The van der Waals surface area contributed by atoms with E-state index >= 15 is 0 Å². The Balaban J connectivity index is 3.06. The maximum atomic E-state index is 11.9. The molecule has 0 saturated carbocycles. The average molecular weight is 249 g/mol. The van der Waals surface area contributed by atoms with Gasteiger partial charge in [0.15, 0.2) is 5.56 Å². The Morgan fingerprint density at radius 2 is 2.06 bits per heavy atom. The number of carboxylic acids is 1. The number of rotatable bonds is 2. The zero-order chi connectivity index (χ0) is 13.2. The van der Waals surface area contributed by atoms with Crippen LogP contribution in [-0.2, 0) is 4.79 Å². The molecule has 0 fully saturated rings. The Kier molecular flexibility index (Phi) is 3.03. The summed E-state index contributed by atoms with van der Waals surface area (Å²) in [6, 6.07) is 1.26. The maximum Gasteiger partial charge on any atom is 0.471 e. The first-order valence-electron chi connectivity index (χ1n) is 3.78. The van der Waals surface area contributed by atoms with Crippen molar-refractivity contribution in [3.63, 3.8) is 0 Å². The number of alkyl halides is 3. The fourth-order valence-electron chi connectivity index (χ4n) is 0.799. The Bertz CT molecular complexity index is 513. The summed E-state index contributed by atoms with van der Waals surface area (Å²) in [6.07, 6.45) is -5.19. The normalized spacial score (nSPS) is 10.7. The number of carbonyl (C=O) groups is 2. The first-order chi connectivity index (χ1) is 7.77. The van der Waals surface area contributed by atoms with E-state index in [0.29, 0.717) is 0 Å². The molecule has 1 heterocycles. The van der Waals surface area contributed by atoms with Crippen LogP contribution in [0.4, 0.5) is 19.1 Å². The summed E-state index contributed by atoms with van der Waals surface area (Å²) >= 11 is 0. The second-order valence-electron chi connectivity index (χ2n) is 2.60. The van der Waals surface area contributed by atoms with Gasteiger partial charge in [0.25, 0.3) is 0 Å². The number of anilines is 1. The number of hydrogen-bond acceptors (Lipinski definition) is 5. The van der Waals surface area contributed by atoms with Gasteiger partial charge in [-0.15, -0.1) is 0 Å². The van der Waals surface area contributed by atoms with E-state index in [1.54, 1.807) is 0 Å². The molecule has 90 valence electrons. The van der Waals surface area contributed by atoms with Crippen molar-refractivity contribution in [1.82, 2.24) is 5.16 Å². The molecule has 7 nitrogen and oxygen atoms in total. The first kappa shape index (κ1) is 12.5. The van der Waals surface area contributed by atoms with Crippen LogP contribution in [0.15, 0.2) is 4.52 Å². The lowest BCUT2D eigenvalue weighted by atomic mass is 10.2. The largest absolute Gasteiger partial charge is 0.476 e. The minimum absolute atomic E-state index is 0.796. The van der Waals surface area contributed by atoms with Gasteiger partial charge in [0.1, 0.15) is 6.07 Å². The Hall–Kier alpha value is -2.57. The number of halogens is 3. The van der Waals surface area contributed by atoms with Gasteiger partial charge in [0.05, 0.1) is 0 Å². The van der Waals surface area contributed by atoms with Gasteiger partial charge in [-0.1, -0.05) is 5.16 Å². The summed E-state index contributed by atoms with van der Waals surface area (Å²) < 4.78 is 39.7. The Morgan fingerprint density at radius 1 is 1.47 bits per heavy atom. The number of amides is 1. The van der Waals surface area contributed by atoms with Crippen molar-refractivity contribution in [2.45, 2.75) is 6.18 Å². The van der Waals surface area contributed by atoms with Gasteiger partial charge >= 0.3 is 18.1 Å². The SMILES string of the molecule is N#Cc1c(C(=O)O)noc1NC(=O)C(F)(F)F. The number of carboxylic acid groups (broad SMARTS) is 1. The molecule has 0 spiro atoms. The molecule has 2 N–H and O–H groups in total. The molecule has 0 aliphatic heterocycles. The molecule has 1 aromatic heterocycles. The molecule has 0 aromatic carbocycles. The molecule has 0 saturated heterocycles. The molecule has 1 rings (SSSR count). The van der Waals surface area contributed by atoms with Crippen molar-refractivity contribution >= 4 is 17.8 Å². The summed E-state index contributed by atoms with van der Waals surface area (Å²) in [5.41, 5.74) is -1.68. The predicted octanol–water partition coefficient (Wildman–Crippen LogP) is 0.745. The number of hydrogen-bond donors (Lipinski definition) is 2. The summed E-state index contributed by atoms with van der Waals surface area (Å²) in [4.78, 5) is 21.0. The zero-order valence-corrected chi connectivity index (χ0v) is 7.70. The van der Waals surface area contributed by atoms with E-state index in [-0.39, 0.29) is 0 Å². The lowest BCUT2D eigenvalue weighted by molar-refractivity contribution is -0.167. The minimum atomic E-state index is -5.19. The molecule has 0 radical (unpaired) electrons. The van der Waals surface area contributed by atoms with E-state index in [9.17, 15) is 22.8 Å². The molecule has 0 aliphatic rings. The highest BCUT2D eigenvalue weighted by molar-refractivity contribution is 5.97. The van der Waals surface area contributed by atoms with Crippen molar-refractivity contribution in [3.05, 3.63) is 11.3 Å². The van der Waals surface area contributed by atoms with E-state index in [1.165, 1.54) is 11.4 Å². The highest BCUT2D eigenvalue weighted by atomic mass is 19.4. The Labute approximate surface area is 90.4 Å². The summed E-state index contributed by atoms with van der Waals surface area (Å²) in [5.74, 6) is -5.04. The number of aromatic carboxylic acids is 1. The lowest BCUT2D eigenvalue weighted by Gasteiger charge is -2.04. The molecule has 10 heteroatoms. The number of nitrogens with one attached hydrogen (secondary N) is 1. The van der Waals surface area contributed by atoms with Crippen molar-refractivity contribution in [2.75, 3.05) is 5.32 Å². The smallest absolute Gasteiger partial charge is 0.471 e. The third kappa shape index (κ3) is 2.51. The predicted molar refractivity (Wildman–Crippen MR) is 42.9 cm³/mol. The molecular formula is C7H2F3N3O4. The number of aromatic nitrogens is 1. The molecule has 0 bridgehead atoms. The zero-order valence-electron chi connectivity index (χ0n) is 7.70. The highest BCUT2D eigenvalue weighted by Gasteiger charge is 2.40. The van der Waals surface area contributed by atoms with E-state index in [2.05, 4.69) is 9.68 Å². The van der Waals surface area contributed by atoms with Crippen molar-refractivity contribution in [1.29, 1.82) is 5.26 Å². The molecule has 17 heavy (non-hydrogen) atoms. The molecule has 0 aliphatic carbocycles. The van der Waals surface area contributed by atoms with Gasteiger partial charge in [-0.25, -0.2) is 4.79 Å². The topological polar surface area (TPSA) is 116 Å². The lowest BCUT2D eigenvalue weighted by Crippen LogP contribution is -2.30.